The van der Waals surface area contributed by atoms with E-state index in [-0.39, 0.29) is 23.8 Å². The molecule has 5 heterocycles. The molecule has 254 valence electrons. The molecule has 6 aromatic rings. The monoisotopic (exact) mass is 737 g/mol. The van der Waals surface area contributed by atoms with Gasteiger partial charge in [-0.3, -0.25) is 9.59 Å². The van der Waals surface area contributed by atoms with E-state index in [0.717, 1.165) is 74.3 Å². The van der Waals surface area contributed by atoms with Crippen molar-refractivity contribution in [2.45, 2.75) is 52.4 Å². The van der Waals surface area contributed by atoms with Crippen LogP contribution in [0.4, 0.5) is 11.5 Å². The fraction of sp³-hybridized carbons (Fsp3) is 0.394. The van der Waals surface area contributed by atoms with Gasteiger partial charge in [0.1, 0.15) is 44.6 Å². The van der Waals surface area contributed by atoms with E-state index >= 15 is 0 Å². The number of thiophene rings is 2. The van der Waals surface area contributed by atoms with Crippen LogP contribution in [0.25, 0.3) is 30.6 Å². The summed E-state index contributed by atoms with van der Waals surface area (Å²) in [7, 11) is 1.63. The molecule has 16 heteroatoms. The Morgan fingerprint density at radius 2 is 1.49 bits per heavy atom. The number of aromatic nitrogens is 6. The SMILES string of the molecule is CCOC(=O)[C@H]1CCc2c(sc3ncnc(Cl)c23)C1.CCOC(=O)[C@H]1CCc2c(sc3ncnc(Nc4cc5snnc5cc4OC)c23)C1. The summed E-state index contributed by atoms with van der Waals surface area (Å²) >= 11 is 10.7. The van der Waals surface area contributed by atoms with Crippen molar-refractivity contribution in [1.29, 1.82) is 0 Å². The van der Waals surface area contributed by atoms with Crippen molar-refractivity contribution in [3.05, 3.63) is 50.8 Å². The first-order valence-corrected chi connectivity index (χ1v) is 18.7. The molecule has 0 unspecified atom stereocenters. The average Bonchev–Trinajstić information content (AvgIpc) is 3.83. The van der Waals surface area contributed by atoms with Gasteiger partial charge in [0, 0.05) is 15.8 Å². The smallest absolute Gasteiger partial charge is 0.309 e. The molecule has 0 fully saturated rings. The summed E-state index contributed by atoms with van der Waals surface area (Å²) in [5.41, 5.74) is 4.04. The lowest BCUT2D eigenvalue weighted by Gasteiger charge is -2.20. The topological polar surface area (TPSA) is 151 Å². The van der Waals surface area contributed by atoms with E-state index < -0.39 is 0 Å². The number of halogens is 1. The van der Waals surface area contributed by atoms with Gasteiger partial charge in [0.05, 0.1) is 53.3 Å². The number of rotatable bonds is 7. The van der Waals surface area contributed by atoms with E-state index in [9.17, 15) is 9.59 Å². The molecule has 0 amide bonds. The summed E-state index contributed by atoms with van der Waals surface area (Å²) in [5, 5.41) is 10.0. The average molecular weight is 738 g/mol. The number of carbonyl (C=O) groups is 2. The summed E-state index contributed by atoms with van der Waals surface area (Å²) in [6.45, 7) is 4.52. The van der Waals surface area contributed by atoms with Gasteiger partial charge in [-0.05, 0) is 81.1 Å². The van der Waals surface area contributed by atoms with E-state index in [1.54, 1.807) is 36.1 Å². The zero-order valence-electron chi connectivity index (χ0n) is 26.9. The van der Waals surface area contributed by atoms with E-state index in [2.05, 4.69) is 34.8 Å². The maximum absolute atomic E-state index is 12.2. The Morgan fingerprint density at radius 1 is 0.878 bits per heavy atom. The van der Waals surface area contributed by atoms with Crippen molar-refractivity contribution >= 4 is 99.9 Å². The van der Waals surface area contributed by atoms with Gasteiger partial charge in [-0.15, -0.1) is 27.8 Å². The fourth-order valence-electron chi connectivity index (χ4n) is 6.40. The minimum atomic E-state index is -0.110. The first-order chi connectivity index (χ1) is 23.9. The van der Waals surface area contributed by atoms with Gasteiger partial charge in [-0.25, -0.2) is 19.9 Å². The van der Waals surface area contributed by atoms with Gasteiger partial charge < -0.3 is 19.5 Å². The highest BCUT2D eigenvalue weighted by Gasteiger charge is 2.31. The van der Waals surface area contributed by atoms with Crippen molar-refractivity contribution in [3.8, 4) is 5.75 Å². The minimum absolute atomic E-state index is 0.0350. The minimum Gasteiger partial charge on any atom is -0.494 e. The van der Waals surface area contributed by atoms with Crippen LogP contribution in [0.3, 0.4) is 0 Å². The number of anilines is 2. The lowest BCUT2D eigenvalue weighted by atomic mass is 9.88. The van der Waals surface area contributed by atoms with Crippen LogP contribution in [0.1, 0.15) is 47.6 Å². The zero-order valence-corrected chi connectivity index (χ0v) is 30.2. The molecular weight excluding hydrogens is 706 g/mol. The van der Waals surface area contributed by atoms with Crippen LogP contribution < -0.4 is 10.1 Å². The quantitative estimate of drug-likeness (QED) is 0.131. The first-order valence-electron chi connectivity index (χ1n) is 15.9. The van der Waals surface area contributed by atoms with Crippen molar-refractivity contribution in [1.82, 2.24) is 29.5 Å². The predicted molar refractivity (Wildman–Crippen MR) is 191 cm³/mol. The van der Waals surface area contributed by atoms with E-state index in [1.165, 1.54) is 38.7 Å². The summed E-state index contributed by atoms with van der Waals surface area (Å²) in [6.07, 6.45) is 7.69. The summed E-state index contributed by atoms with van der Waals surface area (Å²) in [5.74, 6) is 1.09. The fourth-order valence-corrected chi connectivity index (χ4v) is 9.82. The van der Waals surface area contributed by atoms with Gasteiger partial charge in [0.25, 0.3) is 0 Å². The number of ether oxygens (including phenoxy) is 3. The number of hydrogen-bond acceptors (Lipinski definition) is 15. The highest BCUT2D eigenvalue weighted by atomic mass is 35.5. The van der Waals surface area contributed by atoms with Crippen molar-refractivity contribution < 1.29 is 23.8 Å². The van der Waals surface area contributed by atoms with Crippen molar-refractivity contribution in [2.24, 2.45) is 11.8 Å². The van der Waals surface area contributed by atoms with Crippen LogP contribution in [0.2, 0.25) is 5.15 Å². The molecule has 0 spiro atoms. The number of esters is 2. The number of methoxy groups -OCH3 is 1. The van der Waals surface area contributed by atoms with Crippen LogP contribution in [0.5, 0.6) is 5.75 Å². The molecule has 0 saturated carbocycles. The van der Waals surface area contributed by atoms with Crippen LogP contribution in [-0.2, 0) is 44.7 Å². The van der Waals surface area contributed by atoms with Crippen LogP contribution in [0.15, 0.2) is 24.8 Å². The molecule has 0 radical (unpaired) electrons. The zero-order chi connectivity index (χ0) is 34.1. The molecule has 1 N–H and O–H groups in total. The molecule has 12 nitrogen and oxygen atoms in total. The van der Waals surface area contributed by atoms with E-state index in [4.69, 9.17) is 25.8 Å². The number of hydrogen-bond donors (Lipinski definition) is 1. The summed E-state index contributed by atoms with van der Waals surface area (Å²) in [4.78, 5) is 45.5. The summed E-state index contributed by atoms with van der Waals surface area (Å²) in [6, 6.07) is 3.84. The third kappa shape index (κ3) is 6.64. The van der Waals surface area contributed by atoms with Crippen LogP contribution in [-0.4, -0.2) is 61.8 Å². The number of benzene rings is 1. The molecule has 2 aliphatic rings. The maximum atomic E-state index is 12.2. The molecular formula is C33H32ClN7O5S3. The van der Waals surface area contributed by atoms with Gasteiger partial charge in [0.15, 0.2) is 0 Å². The Hall–Kier alpha value is -4.05. The molecule has 1 aromatic carbocycles. The number of aryl methyl sites for hydroxylation is 2. The van der Waals surface area contributed by atoms with E-state index in [0.29, 0.717) is 30.5 Å². The number of nitrogens with one attached hydrogen (secondary N) is 1. The molecule has 49 heavy (non-hydrogen) atoms. The van der Waals surface area contributed by atoms with Crippen LogP contribution >= 0.6 is 45.8 Å². The second kappa shape index (κ2) is 14.4. The van der Waals surface area contributed by atoms with Crippen molar-refractivity contribution in [2.75, 3.05) is 25.6 Å². The Balaban J connectivity index is 0.000000171. The molecule has 0 bridgehead atoms. The third-order valence-corrected chi connectivity index (χ3v) is 12.0. The Labute approximate surface area is 298 Å². The first kappa shape index (κ1) is 33.4. The maximum Gasteiger partial charge on any atom is 0.309 e. The lowest BCUT2D eigenvalue weighted by Crippen LogP contribution is -2.23. The molecule has 0 saturated heterocycles. The van der Waals surface area contributed by atoms with Gasteiger partial charge in [-0.1, -0.05) is 16.1 Å². The number of fused-ring (bicyclic) bond motifs is 7. The molecule has 5 aromatic heterocycles. The normalized spacial score (nSPS) is 16.8. The third-order valence-electron chi connectivity index (χ3n) is 8.71. The molecule has 2 aliphatic carbocycles. The second-order valence-corrected chi connectivity index (χ2v) is 14.9. The van der Waals surface area contributed by atoms with Gasteiger partial charge in [-0.2, -0.15) is 0 Å². The van der Waals surface area contributed by atoms with Crippen molar-refractivity contribution in [3.63, 3.8) is 0 Å². The molecule has 0 aliphatic heterocycles. The summed E-state index contributed by atoms with van der Waals surface area (Å²) < 4.78 is 20.9. The van der Waals surface area contributed by atoms with Gasteiger partial charge >= 0.3 is 11.9 Å². The predicted octanol–water partition coefficient (Wildman–Crippen LogP) is 7.13. The lowest BCUT2D eigenvalue weighted by molar-refractivity contribution is -0.149. The number of carbonyl (C=O) groups excluding carboxylic acids is 2. The molecule has 2 atom stereocenters. The van der Waals surface area contributed by atoms with Crippen LogP contribution in [0, 0.1) is 11.8 Å². The number of nitrogens with zero attached hydrogens (tertiary/aromatic N) is 6. The highest BCUT2D eigenvalue weighted by Crippen LogP contribution is 2.42. The Bertz CT molecular complexity index is 2180. The van der Waals surface area contributed by atoms with E-state index in [1.807, 2.05) is 26.0 Å². The van der Waals surface area contributed by atoms with Gasteiger partial charge in [0.2, 0.25) is 0 Å². The standard InChI is InChI=1S/C20H19N5O3S2.C13H13ClN2O2S/c1-3-28-20(26)10-4-5-11-15(6-10)29-19-17(11)18(21-9-22-19)23-12-8-16-13(24-25-30-16)7-14(12)27-2;1-2-18-13(17)7-3-4-8-9(5-7)19-12-10(8)11(14)15-6-16-12/h7-10H,3-6H2,1-2H3,(H,21,22,23);6-7H,2-5H2,1H3/t10-;7-/m00/s1. The Kier molecular flexibility index (Phi) is 9.85. The Morgan fingerprint density at radius 3 is 2.12 bits per heavy atom. The molecule has 8 rings (SSSR count). The largest absolute Gasteiger partial charge is 0.494 e. The second-order valence-electron chi connectivity index (χ2n) is 11.6. The highest BCUT2D eigenvalue weighted by molar-refractivity contribution is 7.19.